The number of halogens is 2. The van der Waals surface area contributed by atoms with E-state index >= 15 is 0 Å². The number of benzene rings is 2. The fourth-order valence-electron chi connectivity index (χ4n) is 2.40. The van der Waals surface area contributed by atoms with Crippen molar-refractivity contribution in [3.8, 4) is 23.0 Å². The molecular weight excluding hydrogens is 350 g/mol. The van der Waals surface area contributed by atoms with Crippen molar-refractivity contribution in [3.05, 3.63) is 42.0 Å². The number of fused-ring (bicyclic) bond motifs is 1. The van der Waals surface area contributed by atoms with Crippen LogP contribution in [0, 0.1) is 0 Å². The molecular formula is C17H16F2N2O5. The van der Waals surface area contributed by atoms with E-state index in [0.29, 0.717) is 17.1 Å². The largest absolute Gasteiger partial charge is 0.586 e. The number of anilines is 1. The Kier molecular flexibility index (Phi) is 4.70. The number of hydrogen-bond donors (Lipinski definition) is 2. The molecule has 0 spiro atoms. The van der Waals surface area contributed by atoms with Crippen molar-refractivity contribution in [1.82, 2.24) is 5.32 Å². The van der Waals surface area contributed by atoms with E-state index in [1.165, 1.54) is 32.4 Å². The van der Waals surface area contributed by atoms with Crippen LogP contribution in [-0.2, 0) is 6.54 Å². The minimum Gasteiger partial charge on any atom is -0.497 e. The molecule has 0 saturated heterocycles. The Labute approximate surface area is 147 Å². The van der Waals surface area contributed by atoms with Gasteiger partial charge in [-0.1, -0.05) is 0 Å². The molecule has 0 bridgehead atoms. The van der Waals surface area contributed by atoms with E-state index < -0.39 is 12.3 Å². The van der Waals surface area contributed by atoms with Gasteiger partial charge in [0.1, 0.15) is 11.5 Å². The predicted octanol–water partition coefficient (Wildman–Crippen LogP) is 3.35. The molecule has 1 heterocycles. The third-order valence-corrected chi connectivity index (χ3v) is 3.59. The van der Waals surface area contributed by atoms with Crippen molar-refractivity contribution >= 4 is 11.7 Å². The molecule has 0 unspecified atom stereocenters. The lowest BCUT2D eigenvalue weighted by Gasteiger charge is -2.12. The number of carbonyl (C=O) groups excluding carboxylic acids is 1. The summed E-state index contributed by atoms with van der Waals surface area (Å²) in [4.78, 5) is 12.1. The van der Waals surface area contributed by atoms with Gasteiger partial charge < -0.3 is 29.6 Å². The van der Waals surface area contributed by atoms with Gasteiger partial charge in [0.2, 0.25) is 0 Å². The molecule has 0 aliphatic carbocycles. The standard InChI is InChI=1S/C17H16F2N2O5/c1-23-12-4-6-13(24-2)10(7-12)9-20-16(22)21-11-3-5-14-15(8-11)26-17(18,19)25-14/h3-8H,9H2,1-2H3,(H2,20,21,22). The van der Waals surface area contributed by atoms with Crippen molar-refractivity contribution < 1.29 is 32.5 Å². The van der Waals surface area contributed by atoms with Crippen molar-refractivity contribution in [2.24, 2.45) is 0 Å². The number of rotatable bonds is 5. The first kappa shape index (κ1) is 17.6. The van der Waals surface area contributed by atoms with E-state index in [1.54, 1.807) is 18.2 Å². The molecule has 0 radical (unpaired) electrons. The normalized spacial score (nSPS) is 13.8. The third kappa shape index (κ3) is 3.88. The number of carbonyl (C=O) groups is 1. The molecule has 0 atom stereocenters. The van der Waals surface area contributed by atoms with Crippen LogP contribution in [0.15, 0.2) is 36.4 Å². The first-order valence-corrected chi connectivity index (χ1v) is 7.56. The number of ether oxygens (including phenoxy) is 4. The van der Waals surface area contributed by atoms with Gasteiger partial charge in [-0.25, -0.2) is 4.79 Å². The van der Waals surface area contributed by atoms with Crippen LogP contribution in [0.2, 0.25) is 0 Å². The number of alkyl halides is 2. The van der Waals surface area contributed by atoms with Crippen molar-refractivity contribution in [2.75, 3.05) is 19.5 Å². The van der Waals surface area contributed by atoms with Crippen LogP contribution < -0.4 is 29.6 Å². The molecule has 2 aromatic carbocycles. The minimum absolute atomic E-state index is 0.0953. The molecule has 26 heavy (non-hydrogen) atoms. The summed E-state index contributed by atoms with van der Waals surface area (Å²) in [7, 11) is 3.06. The molecule has 3 rings (SSSR count). The quantitative estimate of drug-likeness (QED) is 0.849. The van der Waals surface area contributed by atoms with Crippen molar-refractivity contribution in [1.29, 1.82) is 0 Å². The van der Waals surface area contributed by atoms with Crippen molar-refractivity contribution in [3.63, 3.8) is 0 Å². The summed E-state index contributed by atoms with van der Waals surface area (Å²) in [5.41, 5.74) is 0.993. The highest BCUT2D eigenvalue weighted by molar-refractivity contribution is 5.89. The average molecular weight is 366 g/mol. The Balaban J connectivity index is 1.62. The predicted molar refractivity (Wildman–Crippen MR) is 88.0 cm³/mol. The van der Waals surface area contributed by atoms with E-state index in [9.17, 15) is 13.6 Å². The maximum atomic E-state index is 13.0. The van der Waals surface area contributed by atoms with Gasteiger partial charge in [0.25, 0.3) is 0 Å². The monoisotopic (exact) mass is 366 g/mol. The fraction of sp³-hybridized carbons (Fsp3) is 0.235. The highest BCUT2D eigenvalue weighted by Crippen LogP contribution is 2.42. The van der Waals surface area contributed by atoms with E-state index in [1.807, 2.05) is 0 Å². The van der Waals surface area contributed by atoms with Crippen LogP contribution in [0.4, 0.5) is 19.3 Å². The van der Waals surface area contributed by atoms with Gasteiger partial charge in [-0.15, -0.1) is 8.78 Å². The second-order valence-electron chi connectivity index (χ2n) is 5.31. The van der Waals surface area contributed by atoms with Gasteiger partial charge in [-0.3, -0.25) is 0 Å². The average Bonchev–Trinajstić information content (AvgIpc) is 2.92. The lowest BCUT2D eigenvalue weighted by atomic mass is 10.2. The zero-order chi connectivity index (χ0) is 18.7. The maximum Gasteiger partial charge on any atom is 0.586 e. The number of nitrogens with one attached hydrogen (secondary N) is 2. The number of hydrogen-bond acceptors (Lipinski definition) is 5. The summed E-state index contributed by atoms with van der Waals surface area (Å²) in [5.74, 6) is 0.973. The molecule has 7 nitrogen and oxygen atoms in total. The highest BCUT2D eigenvalue weighted by Gasteiger charge is 2.43. The van der Waals surface area contributed by atoms with Crippen molar-refractivity contribution in [2.45, 2.75) is 12.8 Å². The van der Waals surface area contributed by atoms with Crippen LogP contribution in [0.3, 0.4) is 0 Å². The lowest BCUT2D eigenvalue weighted by Crippen LogP contribution is -2.28. The van der Waals surface area contributed by atoms with E-state index in [-0.39, 0.29) is 23.7 Å². The molecule has 0 saturated carbocycles. The molecule has 2 amide bonds. The Morgan fingerprint density at radius 3 is 2.58 bits per heavy atom. The first-order valence-electron chi connectivity index (χ1n) is 7.56. The Hall–Kier alpha value is -3.23. The first-order chi connectivity index (χ1) is 12.4. The lowest BCUT2D eigenvalue weighted by molar-refractivity contribution is -0.286. The van der Waals surface area contributed by atoms with Gasteiger partial charge in [-0.2, -0.15) is 0 Å². The number of urea groups is 1. The summed E-state index contributed by atoms with van der Waals surface area (Å²) >= 11 is 0. The molecule has 9 heteroatoms. The third-order valence-electron chi connectivity index (χ3n) is 3.59. The summed E-state index contributed by atoms with van der Waals surface area (Å²) < 4.78 is 45.0. The van der Waals surface area contributed by atoms with Gasteiger partial charge >= 0.3 is 12.3 Å². The summed E-state index contributed by atoms with van der Waals surface area (Å²) in [6, 6.07) is 8.65. The highest BCUT2D eigenvalue weighted by atomic mass is 19.3. The summed E-state index contributed by atoms with van der Waals surface area (Å²) in [6.07, 6.45) is -3.70. The molecule has 2 aromatic rings. The molecule has 0 aromatic heterocycles. The van der Waals surface area contributed by atoms with Gasteiger partial charge in [0, 0.05) is 23.9 Å². The fourth-order valence-corrected chi connectivity index (χ4v) is 2.40. The smallest absolute Gasteiger partial charge is 0.497 e. The topological polar surface area (TPSA) is 78.1 Å². The molecule has 1 aliphatic rings. The molecule has 138 valence electrons. The molecule has 2 N–H and O–H groups in total. The molecule has 1 aliphatic heterocycles. The number of amides is 2. The Morgan fingerprint density at radius 1 is 1.08 bits per heavy atom. The number of methoxy groups -OCH3 is 2. The maximum absolute atomic E-state index is 13.0. The second kappa shape index (κ2) is 6.95. The van der Waals surface area contributed by atoms with Crippen LogP contribution in [0.5, 0.6) is 23.0 Å². The summed E-state index contributed by atoms with van der Waals surface area (Å²) in [6.45, 7) is 0.175. The van der Waals surface area contributed by atoms with E-state index in [4.69, 9.17) is 9.47 Å². The zero-order valence-corrected chi connectivity index (χ0v) is 14.0. The SMILES string of the molecule is COc1ccc(OC)c(CNC(=O)Nc2ccc3c(c2)OC(F)(F)O3)c1. The van der Waals surface area contributed by atoms with Crippen LogP contribution >= 0.6 is 0 Å². The second-order valence-corrected chi connectivity index (χ2v) is 5.31. The van der Waals surface area contributed by atoms with Crippen LogP contribution in [-0.4, -0.2) is 26.5 Å². The van der Waals surface area contributed by atoms with E-state index in [2.05, 4.69) is 20.1 Å². The van der Waals surface area contributed by atoms with Gasteiger partial charge in [0.05, 0.1) is 14.2 Å². The van der Waals surface area contributed by atoms with Gasteiger partial charge in [-0.05, 0) is 30.3 Å². The van der Waals surface area contributed by atoms with Crippen LogP contribution in [0.1, 0.15) is 5.56 Å². The Bertz CT molecular complexity index is 829. The summed E-state index contributed by atoms with van der Waals surface area (Å²) in [5, 5.41) is 5.18. The zero-order valence-electron chi connectivity index (χ0n) is 14.0. The minimum atomic E-state index is -3.70. The van der Waals surface area contributed by atoms with Gasteiger partial charge in [0.15, 0.2) is 11.5 Å². The Morgan fingerprint density at radius 2 is 1.85 bits per heavy atom. The van der Waals surface area contributed by atoms with E-state index in [0.717, 1.165) is 0 Å². The van der Waals surface area contributed by atoms with Crippen LogP contribution in [0.25, 0.3) is 0 Å². The molecule has 0 fully saturated rings.